The standard InChI is InChI=1S/C7H11N3O3/c11-6(3-7(12)13)1-2-10-5-8-4-9-10/h4-6,11H,1-3H2,(H,12,13). The maximum atomic E-state index is 10.2. The number of carbonyl (C=O) groups is 1. The summed E-state index contributed by atoms with van der Waals surface area (Å²) in [5, 5.41) is 21.3. The van der Waals surface area contributed by atoms with Crippen molar-refractivity contribution in [2.24, 2.45) is 0 Å². The van der Waals surface area contributed by atoms with Crippen molar-refractivity contribution < 1.29 is 15.0 Å². The average Bonchev–Trinajstić information content (AvgIpc) is 2.51. The fourth-order valence-corrected chi connectivity index (χ4v) is 0.933. The van der Waals surface area contributed by atoms with Crippen molar-refractivity contribution in [1.29, 1.82) is 0 Å². The maximum absolute atomic E-state index is 10.2. The lowest BCUT2D eigenvalue weighted by Crippen LogP contribution is -2.15. The molecular formula is C7H11N3O3. The smallest absolute Gasteiger partial charge is 0.305 e. The minimum atomic E-state index is -0.994. The number of hydrogen-bond donors (Lipinski definition) is 2. The normalized spacial score (nSPS) is 12.7. The van der Waals surface area contributed by atoms with Crippen LogP contribution in [0.4, 0.5) is 0 Å². The van der Waals surface area contributed by atoms with Gasteiger partial charge in [0.2, 0.25) is 0 Å². The highest BCUT2D eigenvalue weighted by molar-refractivity contribution is 5.67. The largest absolute Gasteiger partial charge is 0.481 e. The molecule has 6 nitrogen and oxygen atoms in total. The number of aliphatic hydroxyl groups excluding tert-OH is 1. The number of aromatic nitrogens is 3. The minimum Gasteiger partial charge on any atom is -0.481 e. The molecule has 0 bridgehead atoms. The third-order valence-electron chi connectivity index (χ3n) is 1.57. The van der Waals surface area contributed by atoms with Gasteiger partial charge in [-0.3, -0.25) is 9.48 Å². The number of carboxylic acids is 1. The molecule has 13 heavy (non-hydrogen) atoms. The van der Waals surface area contributed by atoms with Gasteiger partial charge in [0.05, 0.1) is 12.5 Å². The summed E-state index contributed by atoms with van der Waals surface area (Å²) in [6.45, 7) is 0.481. The predicted molar refractivity (Wildman–Crippen MR) is 42.9 cm³/mol. The molecule has 0 radical (unpaired) electrons. The molecule has 0 saturated heterocycles. The fraction of sp³-hybridized carbons (Fsp3) is 0.571. The van der Waals surface area contributed by atoms with E-state index in [0.717, 1.165) is 0 Å². The number of hydrogen-bond acceptors (Lipinski definition) is 4. The molecule has 0 spiro atoms. The average molecular weight is 185 g/mol. The number of nitrogens with zero attached hydrogens (tertiary/aromatic N) is 3. The summed E-state index contributed by atoms with van der Waals surface area (Å²) < 4.78 is 1.55. The Labute approximate surface area is 74.8 Å². The minimum absolute atomic E-state index is 0.227. The first kappa shape index (κ1) is 9.66. The quantitative estimate of drug-likeness (QED) is 0.645. The number of aliphatic hydroxyl groups is 1. The van der Waals surface area contributed by atoms with Crippen molar-refractivity contribution in [2.75, 3.05) is 0 Å². The van der Waals surface area contributed by atoms with E-state index in [2.05, 4.69) is 10.1 Å². The van der Waals surface area contributed by atoms with Crippen LogP contribution in [0.15, 0.2) is 12.7 Å². The molecule has 0 saturated carbocycles. The van der Waals surface area contributed by atoms with Gasteiger partial charge in [0, 0.05) is 6.54 Å². The van der Waals surface area contributed by atoms with Crippen molar-refractivity contribution in [1.82, 2.24) is 14.8 Å². The highest BCUT2D eigenvalue weighted by atomic mass is 16.4. The Kier molecular flexibility index (Phi) is 3.39. The van der Waals surface area contributed by atoms with E-state index in [1.807, 2.05) is 0 Å². The molecule has 72 valence electrons. The van der Waals surface area contributed by atoms with E-state index in [1.165, 1.54) is 12.7 Å². The van der Waals surface area contributed by atoms with Gasteiger partial charge in [-0.25, -0.2) is 4.98 Å². The van der Waals surface area contributed by atoms with Crippen LogP contribution in [-0.2, 0) is 11.3 Å². The summed E-state index contributed by atoms with van der Waals surface area (Å²) in [6, 6.07) is 0. The number of carboxylic acid groups (broad SMARTS) is 1. The fourth-order valence-electron chi connectivity index (χ4n) is 0.933. The van der Waals surface area contributed by atoms with E-state index in [-0.39, 0.29) is 6.42 Å². The van der Waals surface area contributed by atoms with Gasteiger partial charge in [-0.15, -0.1) is 0 Å². The lowest BCUT2D eigenvalue weighted by Gasteiger charge is -2.06. The Balaban J connectivity index is 2.22. The molecule has 1 unspecified atom stereocenters. The Hall–Kier alpha value is -1.43. The highest BCUT2D eigenvalue weighted by Crippen LogP contribution is 1.99. The van der Waals surface area contributed by atoms with Crippen molar-refractivity contribution in [3.05, 3.63) is 12.7 Å². The van der Waals surface area contributed by atoms with Crippen LogP contribution in [0.1, 0.15) is 12.8 Å². The number of aryl methyl sites for hydroxylation is 1. The lowest BCUT2D eigenvalue weighted by molar-refractivity contribution is -0.139. The van der Waals surface area contributed by atoms with Gasteiger partial charge in [-0.1, -0.05) is 0 Å². The molecule has 1 rings (SSSR count). The molecule has 0 aliphatic rings. The topological polar surface area (TPSA) is 88.2 Å². The summed E-state index contributed by atoms with van der Waals surface area (Å²) in [4.78, 5) is 13.9. The Morgan fingerprint density at radius 2 is 2.38 bits per heavy atom. The van der Waals surface area contributed by atoms with E-state index >= 15 is 0 Å². The Bertz CT molecular complexity index is 260. The van der Waals surface area contributed by atoms with Crippen LogP contribution in [-0.4, -0.2) is 37.1 Å². The third kappa shape index (κ3) is 3.66. The molecule has 1 atom stereocenters. The predicted octanol–water partition coefficient (Wildman–Crippen LogP) is -0.496. The zero-order valence-corrected chi connectivity index (χ0v) is 7.00. The van der Waals surface area contributed by atoms with E-state index in [9.17, 15) is 9.90 Å². The second-order valence-corrected chi connectivity index (χ2v) is 2.70. The number of rotatable bonds is 5. The maximum Gasteiger partial charge on any atom is 0.305 e. The van der Waals surface area contributed by atoms with Gasteiger partial charge < -0.3 is 10.2 Å². The van der Waals surface area contributed by atoms with Crippen LogP contribution in [0.2, 0.25) is 0 Å². The zero-order valence-electron chi connectivity index (χ0n) is 7.00. The van der Waals surface area contributed by atoms with Crippen molar-refractivity contribution in [3.63, 3.8) is 0 Å². The highest BCUT2D eigenvalue weighted by Gasteiger charge is 2.09. The van der Waals surface area contributed by atoms with Gasteiger partial charge in [0.25, 0.3) is 0 Å². The van der Waals surface area contributed by atoms with E-state index in [4.69, 9.17) is 5.11 Å². The third-order valence-corrected chi connectivity index (χ3v) is 1.57. The molecule has 0 amide bonds. The van der Waals surface area contributed by atoms with Gasteiger partial charge in [0.15, 0.2) is 0 Å². The van der Waals surface area contributed by atoms with Crippen LogP contribution in [0.5, 0.6) is 0 Å². The second-order valence-electron chi connectivity index (χ2n) is 2.70. The molecular weight excluding hydrogens is 174 g/mol. The van der Waals surface area contributed by atoms with Crippen molar-refractivity contribution >= 4 is 5.97 Å². The molecule has 0 fully saturated rings. The summed E-state index contributed by atoms with van der Waals surface area (Å²) in [7, 11) is 0. The lowest BCUT2D eigenvalue weighted by atomic mass is 10.2. The second kappa shape index (κ2) is 4.56. The van der Waals surface area contributed by atoms with E-state index < -0.39 is 12.1 Å². The van der Waals surface area contributed by atoms with Gasteiger partial charge >= 0.3 is 5.97 Å². The zero-order chi connectivity index (χ0) is 9.68. The Morgan fingerprint density at radius 3 is 2.92 bits per heavy atom. The first-order valence-corrected chi connectivity index (χ1v) is 3.91. The summed E-state index contributed by atoms with van der Waals surface area (Å²) in [5.74, 6) is -0.994. The first-order chi connectivity index (χ1) is 6.18. The van der Waals surface area contributed by atoms with Gasteiger partial charge in [0.1, 0.15) is 12.7 Å². The molecule has 1 aromatic rings. The SMILES string of the molecule is O=C(O)CC(O)CCn1cncn1. The van der Waals surface area contributed by atoms with Gasteiger partial charge in [-0.05, 0) is 6.42 Å². The molecule has 0 aliphatic heterocycles. The van der Waals surface area contributed by atoms with Gasteiger partial charge in [-0.2, -0.15) is 5.10 Å². The van der Waals surface area contributed by atoms with Crippen LogP contribution < -0.4 is 0 Å². The van der Waals surface area contributed by atoms with Crippen LogP contribution >= 0.6 is 0 Å². The van der Waals surface area contributed by atoms with E-state index in [1.54, 1.807) is 4.68 Å². The summed E-state index contributed by atoms with van der Waals surface area (Å²) in [6.07, 6.45) is 2.24. The molecule has 0 aromatic carbocycles. The van der Waals surface area contributed by atoms with Crippen molar-refractivity contribution in [3.8, 4) is 0 Å². The monoisotopic (exact) mass is 185 g/mol. The Morgan fingerprint density at radius 1 is 1.62 bits per heavy atom. The van der Waals surface area contributed by atoms with Crippen LogP contribution in [0, 0.1) is 0 Å². The summed E-state index contributed by atoms with van der Waals surface area (Å²) >= 11 is 0. The molecule has 2 N–H and O–H groups in total. The number of aliphatic carboxylic acids is 1. The van der Waals surface area contributed by atoms with E-state index in [0.29, 0.717) is 13.0 Å². The van der Waals surface area contributed by atoms with Crippen LogP contribution in [0.3, 0.4) is 0 Å². The first-order valence-electron chi connectivity index (χ1n) is 3.91. The summed E-state index contributed by atoms with van der Waals surface area (Å²) in [5.41, 5.74) is 0. The molecule has 6 heteroatoms. The molecule has 1 heterocycles. The van der Waals surface area contributed by atoms with Crippen LogP contribution in [0.25, 0.3) is 0 Å². The molecule has 0 aliphatic carbocycles. The molecule has 1 aromatic heterocycles. The van der Waals surface area contributed by atoms with Crippen molar-refractivity contribution in [2.45, 2.75) is 25.5 Å².